The summed E-state index contributed by atoms with van der Waals surface area (Å²) in [5, 5.41) is 0. The Kier molecular flexibility index (Phi) is 10.3. The van der Waals surface area contributed by atoms with Crippen LogP contribution in [0.2, 0.25) is 26.2 Å². The average Bonchev–Trinajstić information content (AvgIpc) is 2.54. The van der Waals surface area contributed by atoms with Crippen molar-refractivity contribution in [3.63, 3.8) is 0 Å². The second-order valence-corrected chi connectivity index (χ2v) is 17.4. The van der Waals surface area contributed by atoms with Crippen molar-refractivity contribution in [1.82, 2.24) is 0 Å². The third kappa shape index (κ3) is 8.23. The molecule has 0 heterocycles. The van der Waals surface area contributed by atoms with Gasteiger partial charge in [0, 0.05) is 0 Å². The first-order valence-corrected chi connectivity index (χ1v) is 19.2. The van der Waals surface area contributed by atoms with E-state index in [9.17, 15) is 0 Å². The molecule has 28 heavy (non-hydrogen) atoms. The van der Waals surface area contributed by atoms with Crippen LogP contribution in [-0.2, 0) is 21.1 Å². The number of nitrogens with zero attached hydrogens (tertiary/aromatic N) is 2. The number of rotatable bonds is 6. The molecule has 0 amide bonds. The number of aryl methyl sites for hydroxylation is 4. The standard InChI is InChI=1S/C20H30N2OSi2.2ClH.Ti/c1-15-11-9-12-16(2)19(15)21-24(5,6)23-25(7,8)22-20-17(3)13-10-14-18(20)4;;;/h9-14H,1-8H3;2*1H;/q-2;;;+2/p-2. The fourth-order valence-corrected chi connectivity index (χ4v) is 10.2. The van der Waals surface area contributed by atoms with Gasteiger partial charge in [-0.15, -0.1) is 11.4 Å². The van der Waals surface area contributed by atoms with Gasteiger partial charge in [0.05, 0.1) is 17.0 Å². The van der Waals surface area contributed by atoms with Gasteiger partial charge in [-0.25, -0.2) is 0 Å². The zero-order valence-corrected chi connectivity index (χ0v) is 23.1. The monoisotopic (exact) mass is 488 g/mol. The molecular formula is C20H30Cl2N2OSi2Ti-2. The van der Waals surface area contributed by atoms with Gasteiger partial charge in [0.1, 0.15) is 0 Å². The molecule has 2 aromatic rings. The number of halogens is 2. The molecule has 3 nitrogen and oxygen atoms in total. The molecule has 0 fully saturated rings. The molecular weight excluding hydrogens is 459 g/mol. The van der Waals surface area contributed by atoms with Gasteiger partial charge < -0.3 is 14.1 Å². The zero-order chi connectivity index (χ0) is 21.5. The summed E-state index contributed by atoms with van der Waals surface area (Å²) in [6.07, 6.45) is 0. The van der Waals surface area contributed by atoms with Crippen molar-refractivity contribution in [2.75, 3.05) is 0 Å². The molecule has 2 aromatic carbocycles. The van der Waals surface area contributed by atoms with Crippen LogP contribution >= 0.6 is 18.6 Å². The molecule has 0 aliphatic heterocycles. The van der Waals surface area contributed by atoms with E-state index in [1.165, 1.54) is 22.3 Å². The molecule has 0 bridgehead atoms. The van der Waals surface area contributed by atoms with Gasteiger partial charge in [0.25, 0.3) is 0 Å². The molecule has 0 saturated heterocycles. The topological polar surface area (TPSA) is 37.4 Å². The first-order chi connectivity index (χ1) is 12.9. The van der Waals surface area contributed by atoms with Gasteiger partial charge in [-0.3, -0.25) is 0 Å². The number of hydrogen-bond donors (Lipinski definition) is 0. The Labute approximate surface area is 189 Å². The molecule has 2 rings (SSSR count). The van der Waals surface area contributed by atoms with Crippen LogP contribution in [0.3, 0.4) is 0 Å². The molecule has 0 aliphatic carbocycles. The number of benzene rings is 2. The average molecular weight is 489 g/mol. The third-order valence-corrected chi connectivity index (χ3v) is 9.66. The minimum absolute atomic E-state index is 0.556. The Morgan fingerprint density at radius 1 is 0.679 bits per heavy atom. The van der Waals surface area contributed by atoms with Crippen LogP contribution in [0, 0.1) is 27.7 Å². The fraction of sp³-hybridized carbons (Fsp3) is 0.400. The van der Waals surface area contributed by atoms with Crippen LogP contribution in [0.1, 0.15) is 22.3 Å². The van der Waals surface area contributed by atoms with Crippen LogP contribution < -0.4 is 0 Å². The van der Waals surface area contributed by atoms with E-state index < -0.39 is 34.0 Å². The summed E-state index contributed by atoms with van der Waals surface area (Å²) in [7, 11) is 5.30. The summed E-state index contributed by atoms with van der Waals surface area (Å²) in [5.41, 5.74) is 6.98. The molecule has 0 unspecified atom stereocenters. The van der Waals surface area contributed by atoms with Gasteiger partial charge in [0.15, 0.2) is 0 Å². The summed E-state index contributed by atoms with van der Waals surface area (Å²) < 4.78 is 6.60. The first-order valence-electron chi connectivity index (χ1n) is 9.17. The Bertz CT molecular complexity index is 685. The van der Waals surface area contributed by atoms with E-state index >= 15 is 0 Å². The number of hydrogen-bond acceptors (Lipinski definition) is 1. The van der Waals surface area contributed by atoms with Crippen molar-refractivity contribution in [2.45, 2.75) is 53.9 Å². The fourth-order valence-electron chi connectivity index (χ4n) is 3.16. The second kappa shape index (κ2) is 11.2. The van der Waals surface area contributed by atoms with Gasteiger partial charge in [-0.1, -0.05) is 84.8 Å². The third-order valence-electron chi connectivity index (χ3n) is 4.14. The van der Waals surface area contributed by atoms with Crippen molar-refractivity contribution in [1.29, 1.82) is 0 Å². The van der Waals surface area contributed by atoms with E-state index in [1.54, 1.807) is 0 Å². The molecule has 0 atom stereocenters. The predicted octanol–water partition coefficient (Wildman–Crippen LogP) is 8.43. The summed E-state index contributed by atoms with van der Waals surface area (Å²) >= 11 is -0.556. The molecule has 0 radical (unpaired) electrons. The Hall–Kier alpha value is -0.272. The molecule has 0 N–H and O–H groups in total. The van der Waals surface area contributed by atoms with E-state index in [0.29, 0.717) is 0 Å². The van der Waals surface area contributed by atoms with E-state index in [-0.39, 0.29) is 0 Å². The molecule has 0 aliphatic rings. The first kappa shape index (κ1) is 25.8. The maximum absolute atomic E-state index is 6.60. The maximum atomic E-state index is 6.60. The molecule has 8 heteroatoms. The van der Waals surface area contributed by atoms with Crippen LogP contribution in [0.15, 0.2) is 36.4 Å². The molecule has 0 saturated carbocycles. The summed E-state index contributed by atoms with van der Waals surface area (Å²) in [5.74, 6) is 0. The quantitative estimate of drug-likeness (QED) is 0.375. The van der Waals surface area contributed by atoms with Crippen molar-refractivity contribution in [3.05, 3.63) is 68.6 Å². The normalized spacial score (nSPS) is 11.4. The van der Waals surface area contributed by atoms with Crippen LogP contribution in [-0.4, -0.2) is 17.0 Å². The van der Waals surface area contributed by atoms with Crippen molar-refractivity contribution in [3.8, 4) is 0 Å². The molecule has 0 aromatic heterocycles. The summed E-state index contributed by atoms with van der Waals surface area (Å²) in [6, 6.07) is 12.6. The summed E-state index contributed by atoms with van der Waals surface area (Å²) in [6.45, 7) is 17.1. The van der Waals surface area contributed by atoms with Gasteiger partial charge in [-0.05, 0) is 27.7 Å². The minimum atomic E-state index is -2.24. The van der Waals surface area contributed by atoms with Gasteiger partial charge >= 0.3 is 35.6 Å². The SMILES string of the molecule is Cc1cccc(C)c1[N-][Si](C)(C)O[Si](C)(C)[N-]c1c(C)cccc1C.[Cl][Ti][Cl]. The van der Waals surface area contributed by atoms with Crippen molar-refractivity contribution in [2.24, 2.45) is 0 Å². The van der Waals surface area contributed by atoms with E-state index in [0.717, 1.165) is 11.4 Å². The van der Waals surface area contributed by atoms with Gasteiger partial charge in [0.2, 0.25) is 0 Å². The van der Waals surface area contributed by atoms with E-state index in [2.05, 4.69) is 90.3 Å². The van der Waals surface area contributed by atoms with Crippen LogP contribution in [0.25, 0.3) is 9.96 Å². The van der Waals surface area contributed by atoms with Gasteiger partial charge in [-0.2, -0.15) is 0 Å². The van der Waals surface area contributed by atoms with Crippen LogP contribution in [0.4, 0.5) is 11.4 Å². The zero-order valence-electron chi connectivity index (χ0n) is 18.0. The Balaban J connectivity index is 0.00000122. The predicted molar refractivity (Wildman–Crippen MR) is 126 cm³/mol. The Morgan fingerprint density at radius 2 is 0.929 bits per heavy atom. The van der Waals surface area contributed by atoms with Crippen LogP contribution in [0.5, 0.6) is 0 Å². The van der Waals surface area contributed by atoms with E-state index in [4.69, 9.17) is 32.7 Å². The summed E-state index contributed by atoms with van der Waals surface area (Å²) in [4.78, 5) is 10.1. The Morgan fingerprint density at radius 3 is 1.18 bits per heavy atom. The van der Waals surface area contributed by atoms with E-state index in [1.807, 2.05) is 0 Å². The molecule has 154 valence electrons. The van der Waals surface area contributed by atoms with Crippen molar-refractivity contribution < 1.29 is 21.1 Å². The van der Waals surface area contributed by atoms with Crippen molar-refractivity contribution >= 4 is 46.9 Å². The second-order valence-electron chi connectivity index (χ2n) is 7.77. The molecule has 0 spiro atoms.